The van der Waals surface area contributed by atoms with Gasteiger partial charge in [0.15, 0.2) is 0 Å². The highest BCUT2D eigenvalue weighted by atomic mass is 32.2. The number of carbonyl (C=O) groups excluding carboxylic acids is 1. The number of carbonyl (C=O) groups is 1. The lowest BCUT2D eigenvalue weighted by Gasteiger charge is -2.23. The molecule has 4 rings (SSSR count). The number of anilines is 1. The Morgan fingerprint density at radius 1 is 0.975 bits per heavy atom. The highest BCUT2D eigenvalue weighted by molar-refractivity contribution is 7.92. The number of ether oxygens (including phenoxy) is 1. The summed E-state index contributed by atoms with van der Waals surface area (Å²) in [4.78, 5) is 23.3. The van der Waals surface area contributed by atoms with Crippen molar-refractivity contribution in [1.82, 2.24) is 5.43 Å². The zero-order valence-electron chi connectivity index (χ0n) is 21.5. The highest BCUT2D eigenvalue weighted by Crippen LogP contribution is 2.26. The van der Waals surface area contributed by atoms with Gasteiger partial charge in [-0.05, 0) is 60.5 Å². The summed E-state index contributed by atoms with van der Waals surface area (Å²) in [5, 5.41) is 15.2. The predicted octanol–water partition coefficient (Wildman–Crippen LogP) is 4.83. The number of non-ortho nitro benzene ring substituents is 1. The van der Waals surface area contributed by atoms with Crippen LogP contribution in [0.15, 0.2) is 113 Å². The van der Waals surface area contributed by atoms with E-state index in [1.807, 2.05) is 31.2 Å². The van der Waals surface area contributed by atoms with Crippen molar-refractivity contribution in [2.75, 3.05) is 10.8 Å². The second-order valence-electron chi connectivity index (χ2n) is 8.74. The minimum Gasteiger partial charge on any atom is -0.489 e. The van der Waals surface area contributed by atoms with Crippen molar-refractivity contribution in [3.05, 3.63) is 130 Å². The fourth-order valence-electron chi connectivity index (χ4n) is 3.64. The van der Waals surface area contributed by atoms with Gasteiger partial charge in [-0.15, -0.1) is 0 Å². The number of nitro groups is 1. The van der Waals surface area contributed by atoms with Crippen molar-refractivity contribution in [3.8, 4) is 5.75 Å². The van der Waals surface area contributed by atoms with Gasteiger partial charge in [0.2, 0.25) is 0 Å². The molecule has 0 spiro atoms. The monoisotopic (exact) mass is 558 g/mol. The normalized spacial score (nSPS) is 11.2. The van der Waals surface area contributed by atoms with E-state index in [1.165, 1.54) is 42.1 Å². The van der Waals surface area contributed by atoms with Crippen LogP contribution in [0.3, 0.4) is 0 Å². The van der Waals surface area contributed by atoms with Gasteiger partial charge in [0.25, 0.3) is 21.6 Å². The Kier molecular flexibility index (Phi) is 8.87. The zero-order valence-corrected chi connectivity index (χ0v) is 22.3. The molecule has 0 bridgehead atoms. The standard InChI is InChI=1S/C29H26N4O6S/c1-22-10-12-24(13-11-22)21-39-27-16-14-23(15-17-27)19-30-31-29(34)20-32(25-6-5-7-26(18-25)33(35)36)40(37,38)28-8-3-2-4-9-28/h2-19H,20-21H2,1H3,(H,31,34)/b30-19-. The van der Waals surface area contributed by atoms with Gasteiger partial charge in [-0.3, -0.25) is 19.2 Å². The number of sulfonamides is 1. The van der Waals surface area contributed by atoms with E-state index in [1.54, 1.807) is 42.5 Å². The minimum atomic E-state index is -4.22. The molecule has 0 unspecified atom stereocenters. The van der Waals surface area contributed by atoms with E-state index in [0.29, 0.717) is 17.9 Å². The van der Waals surface area contributed by atoms with Gasteiger partial charge >= 0.3 is 0 Å². The van der Waals surface area contributed by atoms with Gasteiger partial charge in [-0.1, -0.05) is 54.1 Å². The second kappa shape index (κ2) is 12.7. The first kappa shape index (κ1) is 28.0. The van der Waals surface area contributed by atoms with Crippen LogP contribution >= 0.6 is 0 Å². The van der Waals surface area contributed by atoms with Crippen molar-refractivity contribution < 1.29 is 22.9 Å². The van der Waals surface area contributed by atoms with Crippen molar-refractivity contribution in [2.24, 2.45) is 5.10 Å². The van der Waals surface area contributed by atoms with E-state index in [0.717, 1.165) is 15.9 Å². The number of hydrogen-bond donors (Lipinski definition) is 1. The number of benzene rings is 4. The second-order valence-corrected chi connectivity index (χ2v) is 10.6. The molecule has 0 atom stereocenters. The van der Waals surface area contributed by atoms with Crippen LogP contribution in [-0.4, -0.2) is 32.0 Å². The van der Waals surface area contributed by atoms with Crippen LogP contribution < -0.4 is 14.5 Å². The van der Waals surface area contributed by atoms with Crippen LogP contribution in [0.4, 0.5) is 11.4 Å². The van der Waals surface area contributed by atoms with Gasteiger partial charge in [-0.2, -0.15) is 5.10 Å². The Balaban J connectivity index is 1.42. The fourth-order valence-corrected chi connectivity index (χ4v) is 5.08. The molecular weight excluding hydrogens is 532 g/mol. The number of nitro benzene ring substituents is 1. The lowest BCUT2D eigenvalue weighted by molar-refractivity contribution is -0.384. The fraction of sp³-hybridized carbons (Fsp3) is 0.103. The number of aryl methyl sites for hydroxylation is 1. The molecule has 0 aliphatic rings. The Bertz CT molecular complexity index is 1610. The first-order chi connectivity index (χ1) is 19.2. The average molecular weight is 559 g/mol. The number of amides is 1. The lowest BCUT2D eigenvalue weighted by Crippen LogP contribution is -2.39. The Morgan fingerprint density at radius 2 is 1.68 bits per heavy atom. The summed E-state index contributed by atoms with van der Waals surface area (Å²) in [6.07, 6.45) is 1.41. The summed E-state index contributed by atoms with van der Waals surface area (Å²) in [5.41, 5.74) is 4.88. The van der Waals surface area contributed by atoms with Crippen LogP contribution in [0.5, 0.6) is 5.75 Å². The third kappa shape index (κ3) is 7.29. The molecule has 10 nitrogen and oxygen atoms in total. The average Bonchev–Trinajstić information content (AvgIpc) is 2.97. The molecule has 0 heterocycles. The molecule has 40 heavy (non-hydrogen) atoms. The minimum absolute atomic E-state index is 0.0293. The molecule has 1 amide bonds. The maximum Gasteiger partial charge on any atom is 0.271 e. The first-order valence-corrected chi connectivity index (χ1v) is 13.6. The molecule has 1 N–H and O–H groups in total. The summed E-state index contributed by atoms with van der Waals surface area (Å²) in [6, 6.07) is 27.7. The van der Waals surface area contributed by atoms with Gasteiger partial charge in [0.05, 0.1) is 21.7 Å². The quantitative estimate of drug-likeness (QED) is 0.159. The van der Waals surface area contributed by atoms with Gasteiger partial charge in [0, 0.05) is 12.1 Å². The van der Waals surface area contributed by atoms with Crippen LogP contribution in [-0.2, 0) is 21.4 Å². The van der Waals surface area contributed by atoms with Gasteiger partial charge in [-0.25, -0.2) is 13.8 Å². The van der Waals surface area contributed by atoms with E-state index in [4.69, 9.17) is 4.74 Å². The van der Waals surface area contributed by atoms with Crippen LogP contribution in [0.2, 0.25) is 0 Å². The maximum absolute atomic E-state index is 13.4. The zero-order chi connectivity index (χ0) is 28.5. The molecule has 0 radical (unpaired) electrons. The molecule has 11 heteroatoms. The molecule has 4 aromatic rings. The van der Waals surface area contributed by atoms with E-state index in [-0.39, 0.29) is 16.3 Å². The number of rotatable bonds is 11. The SMILES string of the molecule is Cc1ccc(COc2ccc(/C=N\NC(=O)CN(c3cccc([N+](=O)[O-])c3)S(=O)(=O)c3ccccc3)cc2)cc1. The van der Waals surface area contributed by atoms with Crippen molar-refractivity contribution >= 4 is 33.5 Å². The Labute approximate surface area is 231 Å². The van der Waals surface area contributed by atoms with Crippen LogP contribution in [0, 0.1) is 17.0 Å². The maximum atomic E-state index is 13.4. The molecule has 0 saturated heterocycles. The molecule has 0 aromatic heterocycles. The largest absolute Gasteiger partial charge is 0.489 e. The summed E-state index contributed by atoms with van der Waals surface area (Å²) >= 11 is 0. The molecule has 4 aromatic carbocycles. The van der Waals surface area contributed by atoms with Crippen molar-refractivity contribution in [3.63, 3.8) is 0 Å². The first-order valence-electron chi connectivity index (χ1n) is 12.1. The van der Waals surface area contributed by atoms with Gasteiger partial charge in [0.1, 0.15) is 18.9 Å². The number of hydrazone groups is 1. The Hall–Kier alpha value is -5.03. The predicted molar refractivity (Wildman–Crippen MR) is 152 cm³/mol. The van der Waals surface area contributed by atoms with E-state index in [9.17, 15) is 23.3 Å². The Morgan fingerprint density at radius 3 is 2.35 bits per heavy atom. The van der Waals surface area contributed by atoms with E-state index < -0.39 is 27.4 Å². The molecular formula is C29H26N4O6S. The summed E-state index contributed by atoms with van der Waals surface area (Å²) in [7, 11) is -4.22. The topological polar surface area (TPSA) is 131 Å². The summed E-state index contributed by atoms with van der Waals surface area (Å²) in [6.45, 7) is 1.80. The molecule has 0 aliphatic heterocycles. The lowest BCUT2D eigenvalue weighted by atomic mass is 10.2. The molecule has 0 fully saturated rings. The molecule has 0 aliphatic carbocycles. The van der Waals surface area contributed by atoms with Crippen LogP contribution in [0.1, 0.15) is 16.7 Å². The number of hydrogen-bond acceptors (Lipinski definition) is 7. The number of nitrogens with zero attached hydrogens (tertiary/aromatic N) is 3. The molecule has 204 valence electrons. The third-order valence-electron chi connectivity index (χ3n) is 5.76. The number of nitrogens with one attached hydrogen (secondary N) is 1. The van der Waals surface area contributed by atoms with Crippen molar-refractivity contribution in [2.45, 2.75) is 18.4 Å². The summed E-state index contributed by atoms with van der Waals surface area (Å²) < 4.78 is 33.3. The van der Waals surface area contributed by atoms with Gasteiger partial charge < -0.3 is 4.74 Å². The van der Waals surface area contributed by atoms with E-state index >= 15 is 0 Å². The summed E-state index contributed by atoms with van der Waals surface area (Å²) in [5.74, 6) is -0.0687. The van der Waals surface area contributed by atoms with Crippen molar-refractivity contribution in [1.29, 1.82) is 0 Å². The third-order valence-corrected chi connectivity index (χ3v) is 7.54. The smallest absolute Gasteiger partial charge is 0.271 e. The van der Waals surface area contributed by atoms with E-state index in [2.05, 4.69) is 10.5 Å². The van der Waals surface area contributed by atoms with Crippen LogP contribution in [0.25, 0.3) is 0 Å². The molecule has 0 saturated carbocycles. The highest BCUT2D eigenvalue weighted by Gasteiger charge is 2.28.